The Labute approximate surface area is 141 Å². The first-order valence-electron chi connectivity index (χ1n) is 9.10. The van der Waals surface area contributed by atoms with Gasteiger partial charge in [0.1, 0.15) is 18.1 Å². The molecule has 1 aromatic rings. The third-order valence-electron chi connectivity index (χ3n) is 4.36. The van der Waals surface area contributed by atoms with Crippen molar-refractivity contribution in [2.75, 3.05) is 45.9 Å². The molecule has 130 valence electrons. The van der Waals surface area contributed by atoms with Crippen LogP contribution in [0.4, 0.5) is 0 Å². The van der Waals surface area contributed by atoms with Crippen molar-refractivity contribution in [2.45, 2.75) is 33.1 Å². The minimum Gasteiger partial charge on any atom is -0.494 e. The van der Waals surface area contributed by atoms with E-state index in [0.29, 0.717) is 0 Å². The van der Waals surface area contributed by atoms with E-state index in [1.165, 1.54) is 32.5 Å². The molecule has 1 saturated heterocycles. The van der Waals surface area contributed by atoms with Gasteiger partial charge in [0.05, 0.1) is 6.61 Å². The van der Waals surface area contributed by atoms with Gasteiger partial charge in [-0.25, -0.2) is 0 Å². The number of nitrogens with zero attached hydrogens (tertiary/aromatic N) is 1. The SMILES string of the molecule is CCCOc1ccc(OCCN2CCC(CNCC)CC2)cc1. The predicted molar refractivity (Wildman–Crippen MR) is 95.4 cm³/mol. The van der Waals surface area contributed by atoms with Crippen molar-refractivity contribution in [1.82, 2.24) is 10.2 Å². The number of rotatable bonds is 10. The van der Waals surface area contributed by atoms with Crippen LogP contribution in [-0.4, -0.2) is 50.8 Å². The van der Waals surface area contributed by atoms with E-state index in [4.69, 9.17) is 9.47 Å². The zero-order valence-corrected chi connectivity index (χ0v) is 14.7. The van der Waals surface area contributed by atoms with Crippen molar-refractivity contribution in [3.63, 3.8) is 0 Å². The molecular formula is C19H32N2O2. The van der Waals surface area contributed by atoms with Crippen LogP contribution in [0.1, 0.15) is 33.1 Å². The van der Waals surface area contributed by atoms with Crippen LogP contribution in [-0.2, 0) is 0 Å². The van der Waals surface area contributed by atoms with Gasteiger partial charge >= 0.3 is 0 Å². The Hall–Kier alpha value is -1.26. The molecule has 0 aliphatic carbocycles. The monoisotopic (exact) mass is 320 g/mol. The van der Waals surface area contributed by atoms with Crippen LogP contribution in [0.3, 0.4) is 0 Å². The largest absolute Gasteiger partial charge is 0.494 e. The Balaban J connectivity index is 1.60. The Morgan fingerprint density at radius 1 is 1.00 bits per heavy atom. The highest BCUT2D eigenvalue weighted by atomic mass is 16.5. The standard InChI is InChI=1S/C19H32N2O2/c1-3-14-22-18-5-7-19(8-6-18)23-15-13-21-11-9-17(10-12-21)16-20-4-2/h5-8,17,20H,3-4,9-16H2,1-2H3. The Kier molecular flexibility index (Phi) is 8.26. The van der Waals surface area contributed by atoms with Crippen molar-refractivity contribution < 1.29 is 9.47 Å². The lowest BCUT2D eigenvalue weighted by Gasteiger charge is -2.31. The van der Waals surface area contributed by atoms with Crippen molar-refractivity contribution >= 4 is 0 Å². The van der Waals surface area contributed by atoms with Crippen molar-refractivity contribution in [3.05, 3.63) is 24.3 Å². The molecule has 0 atom stereocenters. The van der Waals surface area contributed by atoms with Gasteiger partial charge in [-0.05, 0) is 75.6 Å². The van der Waals surface area contributed by atoms with Crippen LogP contribution >= 0.6 is 0 Å². The van der Waals surface area contributed by atoms with Crippen molar-refractivity contribution in [3.8, 4) is 11.5 Å². The van der Waals surface area contributed by atoms with Crippen LogP contribution in [0.2, 0.25) is 0 Å². The summed E-state index contributed by atoms with van der Waals surface area (Å²) in [4.78, 5) is 2.52. The first-order valence-corrected chi connectivity index (χ1v) is 9.10. The quantitative estimate of drug-likeness (QED) is 0.718. The number of hydrogen-bond acceptors (Lipinski definition) is 4. The summed E-state index contributed by atoms with van der Waals surface area (Å²) in [5, 5.41) is 3.46. The second-order valence-corrected chi connectivity index (χ2v) is 6.26. The summed E-state index contributed by atoms with van der Waals surface area (Å²) in [7, 11) is 0. The van der Waals surface area contributed by atoms with E-state index in [1.54, 1.807) is 0 Å². The van der Waals surface area contributed by atoms with E-state index >= 15 is 0 Å². The van der Waals surface area contributed by atoms with Gasteiger partial charge in [-0.3, -0.25) is 4.90 Å². The molecule has 0 amide bonds. The molecule has 0 spiro atoms. The van der Waals surface area contributed by atoms with Crippen LogP contribution in [0.25, 0.3) is 0 Å². The third-order valence-corrected chi connectivity index (χ3v) is 4.36. The summed E-state index contributed by atoms with van der Waals surface area (Å²) in [6.45, 7) is 11.5. The van der Waals surface area contributed by atoms with E-state index in [9.17, 15) is 0 Å². The first-order chi connectivity index (χ1) is 11.3. The second-order valence-electron chi connectivity index (χ2n) is 6.26. The minimum atomic E-state index is 0.757. The van der Waals surface area contributed by atoms with Crippen LogP contribution < -0.4 is 14.8 Å². The molecule has 1 N–H and O–H groups in total. The fourth-order valence-electron chi connectivity index (χ4n) is 2.91. The van der Waals surface area contributed by atoms with Gasteiger partial charge < -0.3 is 14.8 Å². The molecule has 0 aromatic heterocycles. The molecule has 0 saturated carbocycles. The number of likely N-dealkylation sites (tertiary alicyclic amines) is 1. The molecule has 1 aliphatic rings. The number of nitrogens with one attached hydrogen (secondary N) is 1. The summed E-state index contributed by atoms with van der Waals surface area (Å²) in [5.74, 6) is 2.70. The highest BCUT2D eigenvalue weighted by Crippen LogP contribution is 2.19. The fraction of sp³-hybridized carbons (Fsp3) is 0.684. The lowest BCUT2D eigenvalue weighted by atomic mass is 9.97. The molecule has 1 fully saturated rings. The van der Waals surface area contributed by atoms with Crippen LogP contribution in [0.5, 0.6) is 11.5 Å². The van der Waals surface area contributed by atoms with Crippen LogP contribution in [0.15, 0.2) is 24.3 Å². The van der Waals surface area contributed by atoms with Crippen LogP contribution in [0, 0.1) is 5.92 Å². The number of piperidine rings is 1. The van der Waals surface area contributed by atoms with Crippen molar-refractivity contribution in [1.29, 1.82) is 0 Å². The molecule has 0 bridgehead atoms. The molecule has 1 aliphatic heterocycles. The average Bonchev–Trinajstić information content (AvgIpc) is 2.60. The maximum absolute atomic E-state index is 5.85. The Bertz CT molecular complexity index is 414. The predicted octanol–water partition coefficient (Wildman–Crippen LogP) is 3.18. The fourth-order valence-corrected chi connectivity index (χ4v) is 2.91. The van der Waals surface area contributed by atoms with Gasteiger partial charge in [-0.1, -0.05) is 13.8 Å². The number of benzene rings is 1. The molecular weight excluding hydrogens is 288 g/mol. The Morgan fingerprint density at radius 3 is 2.17 bits per heavy atom. The van der Waals surface area contributed by atoms with E-state index in [-0.39, 0.29) is 0 Å². The molecule has 23 heavy (non-hydrogen) atoms. The van der Waals surface area contributed by atoms with Gasteiger partial charge in [0.25, 0.3) is 0 Å². The summed E-state index contributed by atoms with van der Waals surface area (Å²) < 4.78 is 11.4. The van der Waals surface area contributed by atoms with Gasteiger partial charge in [0.2, 0.25) is 0 Å². The lowest BCUT2D eigenvalue weighted by molar-refractivity contribution is 0.154. The van der Waals surface area contributed by atoms with Gasteiger partial charge in [-0.2, -0.15) is 0 Å². The number of ether oxygens (including phenoxy) is 2. The van der Waals surface area contributed by atoms with Gasteiger partial charge in [0.15, 0.2) is 0 Å². The molecule has 1 aromatic carbocycles. The molecule has 1 heterocycles. The molecule has 0 unspecified atom stereocenters. The topological polar surface area (TPSA) is 33.7 Å². The second kappa shape index (κ2) is 10.5. The minimum absolute atomic E-state index is 0.757. The highest BCUT2D eigenvalue weighted by molar-refractivity contribution is 5.31. The first kappa shape index (κ1) is 18.1. The average molecular weight is 320 g/mol. The van der Waals surface area contributed by atoms with Gasteiger partial charge in [-0.15, -0.1) is 0 Å². The smallest absolute Gasteiger partial charge is 0.119 e. The maximum Gasteiger partial charge on any atom is 0.119 e. The molecule has 2 rings (SSSR count). The third kappa shape index (κ3) is 6.80. The van der Waals surface area contributed by atoms with E-state index in [0.717, 1.165) is 50.1 Å². The van der Waals surface area contributed by atoms with Crippen molar-refractivity contribution in [2.24, 2.45) is 5.92 Å². The lowest BCUT2D eigenvalue weighted by Crippen LogP contribution is -2.39. The zero-order chi connectivity index (χ0) is 16.3. The summed E-state index contributed by atoms with van der Waals surface area (Å²) in [6.07, 6.45) is 3.64. The molecule has 0 radical (unpaired) electrons. The summed E-state index contributed by atoms with van der Waals surface area (Å²) in [5.41, 5.74) is 0. The highest BCUT2D eigenvalue weighted by Gasteiger charge is 2.18. The van der Waals surface area contributed by atoms with E-state index in [2.05, 4.69) is 24.1 Å². The zero-order valence-electron chi connectivity index (χ0n) is 14.7. The summed E-state index contributed by atoms with van der Waals surface area (Å²) >= 11 is 0. The maximum atomic E-state index is 5.85. The van der Waals surface area contributed by atoms with Gasteiger partial charge in [0, 0.05) is 6.54 Å². The van der Waals surface area contributed by atoms with E-state index < -0.39 is 0 Å². The van der Waals surface area contributed by atoms with E-state index in [1.807, 2.05) is 24.3 Å². The molecule has 4 heteroatoms. The molecule has 4 nitrogen and oxygen atoms in total. The normalized spacial score (nSPS) is 16.4. The summed E-state index contributed by atoms with van der Waals surface area (Å²) in [6, 6.07) is 7.95. The number of hydrogen-bond donors (Lipinski definition) is 1. The Morgan fingerprint density at radius 2 is 1.61 bits per heavy atom.